The SMILES string of the molecule is CCOc1cc(C2C(C(=O)c3ccc(OCC(C)C)c(C)c3)C(=O)C(=O)N2CCCN(C)C)ccc1O. The predicted octanol–water partition coefficient (Wildman–Crippen LogP) is 4.04. The molecule has 1 amide bonds. The van der Waals surface area contributed by atoms with Gasteiger partial charge in [-0.1, -0.05) is 19.9 Å². The summed E-state index contributed by atoms with van der Waals surface area (Å²) in [7, 11) is 3.87. The van der Waals surface area contributed by atoms with E-state index in [-0.39, 0.29) is 11.5 Å². The van der Waals surface area contributed by atoms with Crippen molar-refractivity contribution >= 4 is 17.5 Å². The van der Waals surface area contributed by atoms with Crippen LogP contribution in [0.3, 0.4) is 0 Å². The Morgan fingerprint density at radius 1 is 1.08 bits per heavy atom. The number of amides is 1. The van der Waals surface area contributed by atoms with Crippen LogP contribution in [0, 0.1) is 18.8 Å². The van der Waals surface area contributed by atoms with Crippen LogP contribution in [-0.4, -0.2) is 72.8 Å². The molecule has 0 spiro atoms. The molecule has 37 heavy (non-hydrogen) atoms. The summed E-state index contributed by atoms with van der Waals surface area (Å²) in [5, 5.41) is 10.2. The van der Waals surface area contributed by atoms with Gasteiger partial charge in [-0.15, -0.1) is 0 Å². The summed E-state index contributed by atoms with van der Waals surface area (Å²) in [6, 6.07) is 9.03. The van der Waals surface area contributed by atoms with Gasteiger partial charge in [-0.05, 0) is 88.3 Å². The second-order valence-corrected chi connectivity index (χ2v) is 10.2. The Hall–Kier alpha value is -3.39. The van der Waals surface area contributed by atoms with Crippen LogP contribution < -0.4 is 9.47 Å². The average molecular weight is 511 g/mol. The molecule has 1 saturated heterocycles. The number of phenols is 1. The van der Waals surface area contributed by atoms with E-state index < -0.39 is 29.4 Å². The number of ketones is 2. The number of Topliss-reactive ketones (excluding diaryl/α,β-unsaturated/α-hetero) is 2. The Morgan fingerprint density at radius 3 is 2.43 bits per heavy atom. The number of aryl methyl sites for hydroxylation is 1. The van der Waals surface area contributed by atoms with E-state index in [0.29, 0.717) is 49.0 Å². The Kier molecular flexibility index (Phi) is 9.32. The number of hydrogen-bond donors (Lipinski definition) is 1. The summed E-state index contributed by atoms with van der Waals surface area (Å²) in [6.07, 6.45) is 0.640. The van der Waals surface area contributed by atoms with Gasteiger partial charge in [0.05, 0.1) is 19.3 Å². The van der Waals surface area contributed by atoms with Gasteiger partial charge >= 0.3 is 0 Å². The molecule has 2 aromatic rings. The van der Waals surface area contributed by atoms with Crippen molar-refractivity contribution < 1.29 is 29.0 Å². The molecule has 3 rings (SSSR count). The number of nitrogens with zero attached hydrogens (tertiary/aromatic N) is 2. The fraction of sp³-hybridized carbons (Fsp3) is 0.483. The van der Waals surface area contributed by atoms with E-state index in [0.717, 1.165) is 12.1 Å². The highest BCUT2D eigenvalue weighted by atomic mass is 16.5. The zero-order valence-corrected chi connectivity index (χ0v) is 22.6. The number of carbonyl (C=O) groups is 3. The van der Waals surface area contributed by atoms with Crippen molar-refractivity contribution in [1.29, 1.82) is 0 Å². The minimum Gasteiger partial charge on any atom is -0.504 e. The molecule has 1 aliphatic rings. The first kappa shape index (κ1) is 28.2. The number of rotatable bonds is 12. The van der Waals surface area contributed by atoms with Crippen molar-refractivity contribution in [3.05, 3.63) is 53.1 Å². The second-order valence-electron chi connectivity index (χ2n) is 10.2. The second kappa shape index (κ2) is 12.2. The third-order valence-electron chi connectivity index (χ3n) is 6.35. The predicted molar refractivity (Wildman–Crippen MR) is 141 cm³/mol. The fourth-order valence-corrected chi connectivity index (χ4v) is 4.54. The highest BCUT2D eigenvalue weighted by Crippen LogP contribution is 2.41. The topological polar surface area (TPSA) is 96.4 Å². The largest absolute Gasteiger partial charge is 0.504 e. The summed E-state index contributed by atoms with van der Waals surface area (Å²) < 4.78 is 11.4. The van der Waals surface area contributed by atoms with E-state index >= 15 is 0 Å². The Labute approximate surface area is 219 Å². The van der Waals surface area contributed by atoms with E-state index in [1.165, 1.54) is 11.0 Å². The summed E-state index contributed by atoms with van der Waals surface area (Å²) in [6.45, 7) is 9.69. The quantitative estimate of drug-likeness (QED) is 0.262. The standard InChI is InChI=1S/C29H38N2O6/c1-7-36-24-16-20(9-11-22(24)32)26-25(28(34)29(35)31(26)14-8-13-30(5)6)27(33)21-10-12-23(19(4)15-21)37-17-18(2)3/h9-12,15-16,18,25-26,32H,7-8,13-14,17H2,1-6H3. The van der Waals surface area contributed by atoms with Crippen LogP contribution in [0.5, 0.6) is 17.2 Å². The first-order valence-electron chi connectivity index (χ1n) is 12.8. The number of ether oxygens (including phenoxy) is 2. The van der Waals surface area contributed by atoms with Gasteiger partial charge in [0, 0.05) is 12.1 Å². The van der Waals surface area contributed by atoms with Crippen molar-refractivity contribution in [3.8, 4) is 17.2 Å². The molecule has 2 aromatic carbocycles. The molecule has 2 atom stereocenters. The van der Waals surface area contributed by atoms with Crippen LogP contribution in [0.25, 0.3) is 0 Å². The first-order valence-corrected chi connectivity index (χ1v) is 12.8. The van der Waals surface area contributed by atoms with Gasteiger partial charge in [-0.2, -0.15) is 0 Å². The fourth-order valence-electron chi connectivity index (χ4n) is 4.54. The maximum absolute atomic E-state index is 13.8. The highest BCUT2D eigenvalue weighted by molar-refractivity contribution is 6.44. The summed E-state index contributed by atoms with van der Waals surface area (Å²) in [5.41, 5.74) is 1.70. The summed E-state index contributed by atoms with van der Waals surface area (Å²) >= 11 is 0. The van der Waals surface area contributed by atoms with E-state index in [1.54, 1.807) is 37.3 Å². The average Bonchev–Trinajstić information content (AvgIpc) is 3.09. The molecule has 0 saturated carbocycles. The number of carbonyl (C=O) groups excluding carboxylic acids is 3. The van der Waals surface area contributed by atoms with Crippen molar-refractivity contribution in [3.63, 3.8) is 0 Å². The molecule has 1 heterocycles. The monoisotopic (exact) mass is 510 g/mol. The van der Waals surface area contributed by atoms with Crippen LogP contribution in [0.2, 0.25) is 0 Å². The smallest absolute Gasteiger partial charge is 0.291 e. The van der Waals surface area contributed by atoms with Gasteiger partial charge in [-0.3, -0.25) is 14.4 Å². The lowest BCUT2D eigenvalue weighted by molar-refractivity contribution is -0.140. The van der Waals surface area contributed by atoms with Gasteiger partial charge in [-0.25, -0.2) is 0 Å². The lowest BCUT2D eigenvalue weighted by Crippen LogP contribution is -2.33. The van der Waals surface area contributed by atoms with Crippen LogP contribution in [-0.2, 0) is 9.59 Å². The zero-order chi connectivity index (χ0) is 27.3. The molecule has 8 nitrogen and oxygen atoms in total. The molecule has 0 radical (unpaired) electrons. The Morgan fingerprint density at radius 2 is 1.81 bits per heavy atom. The van der Waals surface area contributed by atoms with Crippen LogP contribution in [0.15, 0.2) is 36.4 Å². The number of benzene rings is 2. The highest BCUT2D eigenvalue weighted by Gasteiger charge is 2.51. The van der Waals surface area contributed by atoms with Gasteiger partial charge in [0.15, 0.2) is 17.3 Å². The third kappa shape index (κ3) is 6.49. The van der Waals surface area contributed by atoms with Crippen molar-refractivity contribution in [2.24, 2.45) is 11.8 Å². The van der Waals surface area contributed by atoms with E-state index in [9.17, 15) is 19.5 Å². The van der Waals surface area contributed by atoms with E-state index in [1.807, 2.05) is 25.9 Å². The van der Waals surface area contributed by atoms with Crippen molar-refractivity contribution in [2.75, 3.05) is 40.4 Å². The lowest BCUT2D eigenvalue weighted by atomic mass is 9.85. The third-order valence-corrected chi connectivity index (χ3v) is 6.35. The normalized spacial score (nSPS) is 17.7. The maximum Gasteiger partial charge on any atom is 0.291 e. The number of hydrogen-bond acceptors (Lipinski definition) is 7. The van der Waals surface area contributed by atoms with E-state index in [4.69, 9.17) is 9.47 Å². The maximum atomic E-state index is 13.8. The van der Waals surface area contributed by atoms with Gasteiger partial charge in [0.1, 0.15) is 11.7 Å². The molecular weight excluding hydrogens is 472 g/mol. The summed E-state index contributed by atoms with van der Waals surface area (Å²) in [4.78, 5) is 43.7. The molecule has 1 fully saturated rings. The van der Waals surface area contributed by atoms with Gasteiger partial charge in [0.25, 0.3) is 5.91 Å². The number of likely N-dealkylation sites (tertiary alicyclic amines) is 1. The van der Waals surface area contributed by atoms with Crippen molar-refractivity contribution in [2.45, 2.75) is 40.2 Å². The molecule has 1 N–H and O–H groups in total. The summed E-state index contributed by atoms with van der Waals surface area (Å²) in [5.74, 6) is -1.76. The number of phenolic OH excluding ortho intramolecular Hbond substituents is 1. The molecule has 8 heteroatoms. The molecule has 0 aliphatic carbocycles. The lowest BCUT2D eigenvalue weighted by Gasteiger charge is -2.28. The molecule has 1 aliphatic heterocycles. The number of aromatic hydroxyl groups is 1. The zero-order valence-electron chi connectivity index (χ0n) is 22.6. The minimum absolute atomic E-state index is 0.0455. The molecular formula is C29H38N2O6. The van der Waals surface area contributed by atoms with Crippen LogP contribution >= 0.6 is 0 Å². The molecule has 0 aromatic heterocycles. The van der Waals surface area contributed by atoms with Crippen molar-refractivity contribution in [1.82, 2.24) is 9.80 Å². The van der Waals surface area contributed by atoms with Crippen LogP contribution in [0.4, 0.5) is 0 Å². The van der Waals surface area contributed by atoms with Gasteiger partial charge in [0.2, 0.25) is 5.78 Å². The first-order chi connectivity index (χ1) is 17.5. The van der Waals surface area contributed by atoms with Gasteiger partial charge < -0.3 is 24.4 Å². The Balaban J connectivity index is 2.00. The van der Waals surface area contributed by atoms with E-state index in [2.05, 4.69) is 13.8 Å². The molecule has 2 unspecified atom stereocenters. The van der Waals surface area contributed by atoms with Crippen LogP contribution in [0.1, 0.15) is 54.7 Å². The molecule has 0 bridgehead atoms. The minimum atomic E-state index is -1.20. The molecule has 200 valence electrons. The Bertz CT molecular complexity index is 1140.